The summed E-state index contributed by atoms with van der Waals surface area (Å²) in [6, 6.07) is 4.03. The number of nitrogens with one attached hydrogen (secondary N) is 1. The zero-order valence-electron chi connectivity index (χ0n) is 10.4. The Morgan fingerprint density at radius 3 is 2.88 bits per heavy atom. The van der Waals surface area contributed by atoms with Crippen molar-refractivity contribution < 1.29 is 14.3 Å². The first-order valence-electron chi connectivity index (χ1n) is 5.69. The van der Waals surface area contributed by atoms with Gasteiger partial charge in [-0.25, -0.2) is 0 Å². The highest BCUT2D eigenvalue weighted by atomic mass is 32.2. The first-order chi connectivity index (χ1) is 8.30. The third-order valence-corrected chi connectivity index (χ3v) is 3.03. The molecule has 0 bridgehead atoms. The Balaban J connectivity index is 2.31. The van der Waals surface area contributed by atoms with E-state index in [1.165, 1.54) is 0 Å². The van der Waals surface area contributed by atoms with Crippen LogP contribution in [0.5, 0.6) is 0 Å². The van der Waals surface area contributed by atoms with E-state index in [-0.39, 0.29) is 12.6 Å². The molecule has 0 amide bonds. The van der Waals surface area contributed by atoms with Crippen molar-refractivity contribution in [1.82, 2.24) is 5.32 Å². The largest absolute Gasteiger partial charge is 0.464 e. The van der Waals surface area contributed by atoms with Gasteiger partial charge in [0.05, 0.1) is 18.9 Å². The monoisotopic (exact) mass is 259 g/mol. The molecule has 1 atom stereocenters. The summed E-state index contributed by atoms with van der Waals surface area (Å²) >= 11 is 1.74. The number of aliphatic hydroxyl groups excluding tert-OH is 1. The molecule has 0 aromatic carbocycles. The van der Waals surface area contributed by atoms with Crippen molar-refractivity contribution in [3.05, 3.63) is 23.7 Å². The van der Waals surface area contributed by atoms with E-state index in [1.54, 1.807) is 18.9 Å². The van der Waals surface area contributed by atoms with E-state index in [1.807, 2.05) is 18.4 Å². The SMILES string of the molecule is COCCC(CO)NCc1ccc(CSC)o1. The second-order valence-electron chi connectivity index (χ2n) is 3.84. The molecule has 17 heavy (non-hydrogen) atoms. The molecule has 0 fully saturated rings. The summed E-state index contributed by atoms with van der Waals surface area (Å²) in [6.07, 6.45) is 2.85. The van der Waals surface area contributed by atoms with Gasteiger partial charge in [-0.15, -0.1) is 0 Å². The van der Waals surface area contributed by atoms with Crippen LogP contribution in [-0.4, -0.2) is 37.7 Å². The first-order valence-corrected chi connectivity index (χ1v) is 7.09. The van der Waals surface area contributed by atoms with Crippen LogP contribution in [0.25, 0.3) is 0 Å². The number of methoxy groups -OCH3 is 1. The van der Waals surface area contributed by atoms with Gasteiger partial charge in [-0.05, 0) is 24.8 Å². The maximum Gasteiger partial charge on any atom is 0.118 e. The Hall–Kier alpha value is -0.490. The molecule has 4 nitrogen and oxygen atoms in total. The lowest BCUT2D eigenvalue weighted by molar-refractivity contribution is 0.158. The smallest absolute Gasteiger partial charge is 0.118 e. The van der Waals surface area contributed by atoms with Crippen LogP contribution in [0.3, 0.4) is 0 Å². The van der Waals surface area contributed by atoms with Gasteiger partial charge in [0.25, 0.3) is 0 Å². The number of aliphatic hydroxyl groups is 1. The molecule has 0 saturated heterocycles. The van der Waals surface area contributed by atoms with Crippen molar-refractivity contribution in [2.45, 2.75) is 24.8 Å². The molecule has 0 saturated carbocycles. The fourth-order valence-corrected chi connectivity index (χ4v) is 1.94. The summed E-state index contributed by atoms with van der Waals surface area (Å²) in [6.45, 7) is 1.40. The van der Waals surface area contributed by atoms with Gasteiger partial charge in [0, 0.05) is 19.8 Å². The number of ether oxygens (including phenoxy) is 1. The van der Waals surface area contributed by atoms with Crippen molar-refractivity contribution >= 4 is 11.8 Å². The first kappa shape index (κ1) is 14.6. The molecule has 1 aromatic heterocycles. The Bertz CT molecular complexity index is 304. The van der Waals surface area contributed by atoms with E-state index in [0.29, 0.717) is 13.2 Å². The van der Waals surface area contributed by atoms with Gasteiger partial charge in [-0.3, -0.25) is 0 Å². The topological polar surface area (TPSA) is 54.6 Å². The Labute approximate surface area is 107 Å². The fraction of sp³-hybridized carbons (Fsp3) is 0.667. The highest BCUT2D eigenvalue weighted by Crippen LogP contribution is 2.13. The maximum atomic E-state index is 9.17. The van der Waals surface area contributed by atoms with Crippen LogP contribution in [-0.2, 0) is 17.0 Å². The van der Waals surface area contributed by atoms with Crippen molar-refractivity contribution in [2.75, 3.05) is 26.6 Å². The zero-order valence-corrected chi connectivity index (χ0v) is 11.3. The van der Waals surface area contributed by atoms with Gasteiger partial charge >= 0.3 is 0 Å². The molecule has 5 heteroatoms. The number of hydrogen-bond donors (Lipinski definition) is 2. The Morgan fingerprint density at radius 1 is 1.47 bits per heavy atom. The van der Waals surface area contributed by atoms with E-state index in [0.717, 1.165) is 23.7 Å². The predicted octanol–water partition coefficient (Wildman–Crippen LogP) is 1.63. The van der Waals surface area contributed by atoms with Gasteiger partial charge in [-0.1, -0.05) is 0 Å². The number of rotatable bonds is 9. The normalized spacial score (nSPS) is 12.9. The van der Waals surface area contributed by atoms with Crippen LogP contribution in [0.15, 0.2) is 16.5 Å². The van der Waals surface area contributed by atoms with Crippen LogP contribution >= 0.6 is 11.8 Å². The number of hydrogen-bond acceptors (Lipinski definition) is 5. The molecule has 1 rings (SSSR count). The molecule has 0 spiro atoms. The van der Waals surface area contributed by atoms with Gasteiger partial charge < -0.3 is 19.6 Å². The standard InChI is InChI=1S/C12H21NO3S/c1-15-6-5-10(8-14)13-7-11-3-4-12(16-11)9-17-2/h3-4,10,13-14H,5-9H2,1-2H3. The molecule has 1 heterocycles. The minimum Gasteiger partial charge on any atom is -0.464 e. The van der Waals surface area contributed by atoms with Crippen molar-refractivity contribution in [3.63, 3.8) is 0 Å². The summed E-state index contributed by atoms with van der Waals surface area (Å²) in [5.74, 6) is 2.80. The third kappa shape index (κ3) is 5.59. The number of thioether (sulfide) groups is 1. The van der Waals surface area contributed by atoms with Crippen LogP contribution in [0.4, 0.5) is 0 Å². The molecule has 2 N–H and O–H groups in total. The van der Waals surface area contributed by atoms with Gasteiger partial charge in [0.1, 0.15) is 11.5 Å². The van der Waals surface area contributed by atoms with Gasteiger partial charge in [0.2, 0.25) is 0 Å². The summed E-state index contributed by atoms with van der Waals surface area (Å²) in [7, 11) is 1.66. The zero-order chi connectivity index (χ0) is 12.5. The summed E-state index contributed by atoms with van der Waals surface area (Å²) in [5.41, 5.74) is 0. The minimum atomic E-state index is 0.0593. The highest BCUT2D eigenvalue weighted by molar-refractivity contribution is 7.97. The average Bonchev–Trinajstić information content (AvgIpc) is 2.78. The lowest BCUT2D eigenvalue weighted by Crippen LogP contribution is -2.32. The van der Waals surface area contributed by atoms with Crippen molar-refractivity contribution in [2.24, 2.45) is 0 Å². The maximum absolute atomic E-state index is 9.17. The quantitative estimate of drug-likeness (QED) is 0.706. The van der Waals surface area contributed by atoms with Gasteiger partial charge in [-0.2, -0.15) is 11.8 Å². The second-order valence-corrected chi connectivity index (χ2v) is 4.71. The molecular weight excluding hydrogens is 238 g/mol. The lowest BCUT2D eigenvalue weighted by Gasteiger charge is -2.14. The molecule has 0 radical (unpaired) electrons. The lowest BCUT2D eigenvalue weighted by atomic mass is 10.2. The summed E-state index contributed by atoms with van der Waals surface area (Å²) < 4.78 is 10.6. The number of furan rings is 1. The highest BCUT2D eigenvalue weighted by Gasteiger charge is 2.08. The Kier molecular flexibility index (Phi) is 7.35. The van der Waals surface area contributed by atoms with E-state index < -0.39 is 0 Å². The molecule has 0 aliphatic rings. The van der Waals surface area contributed by atoms with Gasteiger partial charge in [0.15, 0.2) is 0 Å². The van der Waals surface area contributed by atoms with Crippen LogP contribution in [0.1, 0.15) is 17.9 Å². The summed E-state index contributed by atoms with van der Waals surface area (Å²) in [4.78, 5) is 0. The predicted molar refractivity (Wildman–Crippen MR) is 70.1 cm³/mol. The molecule has 0 aliphatic heterocycles. The van der Waals surface area contributed by atoms with E-state index in [2.05, 4.69) is 5.32 Å². The molecule has 0 aliphatic carbocycles. The Morgan fingerprint density at radius 2 is 2.24 bits per heavy atom. The van der Waals surface area contributed by atoms with Crippen LogP contribution in [0.2, 0.25) is 0 Å². The van der Waals surface area contributed by atoms with Crippen molar-refractivity contribution in [3.8, 4) is 0 Å². The molecular formula is C12H21NO3S. The molecule has 1 aromatic rings. The third-order valence-electron chi connectivity index (χ3n) is 2.46. The van der Waals surface area contributed by atoms with Crippen molar-refractivity contribution in [1.29, 1.82) is 0 Å². The van der Waals surface area contributed by atoms with Crippen LogP contribution < -0.4 is 5.32 Å². The van der Waals surface area contributed by atoms with E-state index in [9.17, 15) is 0 Å². The fourth-order valence-electron chi connectivity index (χ4n) is 1.50. The molecule has 1 unspecified atom stereocenters. The van der Waals surface area contributed by atoms with Crippen LogP contribution in [0, 0.1) is 0 Å². The minimum absolute atomic E-state index is 0.0593. The van der Waals surface area contributed by atoms with E-state index in [4.69, 9.17) is 14.3 Å². The molecule has 98 valence electrons. The second kappa shape index (κ2) is 8.58. The van der Waals surface area contributed by atoms with E-state index >= 15 is 0 Å². The summed E-state index contributed by atoms with van der Waals surface area (Å²) in [5, 5.41) is 12.4. The average molecular weight is 259 g/mol.